The van der Waals surface area contributed by atoms with Gasteiger partial charge in [-0.3, -0.25) is 14.8 Å². The highest BCUT2D eigenvalue weighted by atomic mass is 16.8. The number of nitrogens with zero attached hydrogens (tertiary/aromatic N) is 4. The SMILES string of the molecule is O=C(Cn1ccc2c(N([O-])O)cccc21)N1C[C@H]2C[C@@H](C1)c1cccc(=O)n1C2. The predicted octanol–water partition coefficient (Wildman–Crippen LogP) is 2.14. The molecule has 0 aliphatic carbocycles. The first-order chi connectivity index (χ1) is 14.0. The molecule has 0 saturated carbocycles. The molecule has 150 valence electrons. The van der Waals surface area contributed by atoms with Crippen molar-refractivity contribution in [2.24, 2.45) is 5.92 Å². The van der Waals surface area contributed by atoms with Gasteiger partial charge in [0.25, 0.3) is 5.56 Å². The van der Waals surface area contributed by atoms with Crippen molar-refractivity contribution in [3.8, 4) is 0 Å². The third-order valence-corrected chi connectivity index (χ3v) is 6.13. The van der Waals surface area contributed by atoms with Crippen LogP contribution in [0.3, 0.4) is 0 Å². The van der Waals surface area contributed by atoms with E-state index in [2.05, 4.69) is 0 Å². The molecule has 1 aromatic carbocycles. The summed E-state index contributed by atoms with van der Waals surface area (Å²) in [5.74, 6) is 0.468. The largest absolute Gasteiger partial charge is 0.733 e. The van der Waals surface area contributed by atoms with Gasteiger partial charge in [-0.2, -0.15) is 0 Å². The molecule has 1 fully saturated rings. The number of pyridine rings is 1. The minimum absolute atomic E-state index is 0.0114. The number of aromatic nitrogens is 2. The van der Waals surface area contributed by atoms with Crippen molar-refractivity contribution in [1.82, 2.24) is 14.0 Å². The van der Waals surface area contributed by atoms with Crippen LogP contribution in [0.15, 0.2) is 53.5 Å². The Morgan fingerprint density at radius 1 is 1.14 bits per heavy atom. The Morgan fingerprint density at radius 2 is 1.97 bits per heavy atom. The van der Waals surface area contributed by atoms with Gasteiger partial charge in [0.2, 0.25) is 5.91 Å². The first-order valence-electron chi connectivity index (χ1n) is 9.73. The van der Waals surface area contributed by atoms with Gasteiger partial charge in [0, 0.05) is 48.9 Å². The third-order valence-electron chi connectivity index (χ3n) is 6.13. The monoisotopic (exact) mass is 393 g/mol. The van der Waals surface area contributed by atoms with Crippen molar-refractivity contribution in [2.75, 3.05) is 18.3 Å². The molecule has 1 amide bonds. The van der Waals surface area contributed by atoms with Gasteiger partial charge in [-0.05, 0) is 36.6 Å². The second-order valence-corrected chi connectivity index (χ2v) is 7.92. The van der Waals surface area contributed by atoms with Gasteiger partial charge in [0.05, 0.1) is 11.2 Å². The zero-order valence-electron chi connectivity index (χ0n) is 15.8. The fourth-order valence-corrected chi connectivity index (χ4v) is 4.86. The highest BCUT2D eigenvalue weighted by molar-refractivity contribution is 5.93. The molecule has 0 spiro atoms. The van der Waals surface area contributed by atoms with Crippen LogP contribution in [-0.4, -0.2) is 38.2 Å². The average Bonchev–Trinajstić information content (AvgIpc) is 3.11. The van der Waals surface area contributed by atoms with Gasteiger partial charge in [-0.1, -0.05) is 12.1 Å². The lowest BCUT2D eigenvalue weighted by atomic mass is 9.83. The zero-order chi connectivity index (χ0) is 20.1. The van der Waals surface area contributed by atoms with Gasteiger partial charge >= 0.3 is 0 Å². The van der Waals surface area contributed by atoms with E-state index in [1.807, 2.05) is 21.6 Å². The minimum atomic E-state index is -0.153. The van der Waals surface area contributed by atoms with Crippen molar-refractivity contribution in [2.45, 2.75) is 25.4 Å². The maximum absolute atomic E-state index is 13.1. The van der Waals surface area contributed by atoms with Crippen LogP contribution in [0.25, 0.3) is 10.9 Å². The van der Waals surface area contributed by atoms with Crippen LogP contribution in [0.2, 0.25) is 0 Å². The fourth-order valence-electron chi connectivity index (χ4n) is 4.86. The topological polar surface area (TPSA) is 93.8 Å². The van der Waals surface area contributed by atoms with Gasteiger partial charge in [-0.25, -0.2) is 0 Å². The molecule has 2 aliphatic rings. The summed E-state index contributed by atoms with van der Waals surface area (Å²) in [4.78, 5) is 27.1. The highest BCUT2D eigenvalue weighted by Crippen LogP contribution is 2.35. The molecule has 2 aromatic heterocycles. The van der Waals surface area contributed by atoms with E-state index < -0.39 is 0 Å². The molecular weight excluding hydrogens is 372 g/mol. The fraction of sp³-hybridized carbons (Fsp3) is 0.333. The minimum Gasteiger partial charge on any atom is -0.733 e. The quantitative estimate of drug-likeness (QED) is 0.688. The van der Waals surface area contributed by atoms with E-state index >= 15 is 0 Å². The van der Waals surface area contributed by atoms with E-state index in [9.17, 15) is 20.0 Å². The Hall–Kier alpha value is -3.10. The Morgan fingerprint density at radius 3 is 2.79 bits per heavy atom. The maximum Gasteiger partial charge on any atom is 0.250 e. The first kappa shape index (κ1) is 18.0. The van der Waals surface area contributed by atoms with Crippen LogP contribution in [-0.2, 0) is 17.9 Å². The predicted molar refractivity (Wildman–Crippen MR) is 108 cm³/mol. The summed E-state index contributed by atoms with van der Waals surface area (Å²) in [6.07, 6.45) is 2.76. The second kappa shape index (κ2) is 6.75. The first-order valence-corrected chi connectivity index (χ1v) is 9.73. The lowest BCUT2D eigenvalue weighted by Gasteiger charge is -2.42. The van der Waals surface area contributed by atoms with Gasteiger partial charge < -0.3 is 24.5 Å². The van der Waals surface area contributed by atoms with Gasteiger partial charge in [0.1, 0.15) is 6.54 Å². The lowest BCUT2D eigenvalue weighted by molar-refractivity contribution is -0.134. The van der Waals surface area contributed by atoms with Gasteiger partial charge in [-0.15, -0.1) is 0 Å². The molecule has 29 heavy (non-hydrogen) atoms. The summed E-state index contributed by atoms with van der Waals surface area (Å²) in [5, 5.41) is 21.1. The Balaban J connectivity index is 1.38. The number of amides is 1. The Kier molecular flexibility index (Phi) is 4.18. The number of benzene rings is 1. The van der Waals surface area contributed by atoms with Crippen molar-refractivity contribution >= 4 is 22.5 Å². The van der Waals surface area contributed by atoms with Crippen molar-refractivity contribution < 1.29 is 10.0 Å². The number of carbonyl (C=O) groups is 1. The molecule has 3 aromatic rings. The van der Waals surface area contributed by atoms with Crippen molar-refractivity contribution in [1.29, 1.82) is 0 Å². The van der Waals surface area contributed by atoms with Crippen LogP contribution in [0, 0.1) is 11.1 Å². The maximum atomic E-state index is 13.1. The second-order valence-electron chi connectivity index (χ2n) is 7.92. The molecule has 5 rings (SSSR count). The van der Waals surface area contributed by atoms with E-state index in [4.69, 9.17) is 0 Å². The zero-order valence-corrected chi connectivity index (χ0v) is 15.8. The number of anilines is 1. The number of rotatable bonds is 3. The number of hydrogen-bond donors (Lipinski definition) is 1. The Labute approximate surface area is 166 Å². The molecule has 2 bridgehead atoms. The van der Waals surface area contributed by atoms with E-state index in [1.54, 1.807) is 35.0 Å². The number of carbonyl (C=O) groups excluding carboxylic acids is 1. The van der Waals surface area contributed by atoms with Crippen LogP contribution < -0.4 is 10.8 Å². The summed E-state index contributed by atoms with van der Waals surface area (Å²) in [6, 6.07) is 12.1. The summed E-state index contributed by atoms with van der Waals surface area (Å²) in [7, 11) is 0. The van der Waals surface area contributed by atoms with Crippen molar-refractivity contribution in [3.63, 3.8) is 0 Å². The highest BCUT2D eigenvalue weighted by Gasteiger charge is 2.36. The van der Waals surface area contributed by atoms with E-state index in [0.29, 0.717) is 25.0 Å². The summed E-state index contributed by atoms with van der Waals surface area (Å²) >= 11 is 0. The average molecular weight is 393 g/mol. The van der Waals surface area contributed by atoms with Crippen LogP contribution in [0.4, 0.5) is 5.69 Å². The van der Waals surface area contributed by atoms with E-state index in [0.717, 1.165) is 17.6 Å². The molecule has 0 radical (unpaired) electrons. The van der Waals surface area contributed by atoms with E-state index in [-0.39, 0.29) is 40.8 Å². The summed E-state index contributed by atoms with van der Waals surface area (Å²) in [5.41, 5.74) is 1.92. The molecule has 4 heterocycles. The molecular formula is C21H21N4O4-. The van der Waals surface area contributed by atoms with Gasteiger partial charge in [0.15, 0.2) is 0 Å². The van der Waals surface area contributed by atoms with Crippen LogP contribution >= 0.6 is 0 Å². The number of fused-ring (bicyclic) bond motifs is 5. The Bertz CT molecular complexity index is 1150. The number of piperidine rings is 1. The molecule has 8 heteroatoms. The summed E-state index contributed by atoms with van der Waals surface area (Å²) < 4.78 is 3.65. The third kappa shape index (κ3) is 3.01. The molecule has 8 nitrogen and oxygen atoms in total. The van der Waals surface area contributed by atoms with Crippen LogP contribution in [0.1, 0.15) is 18.0 Å². The van der Waals surface area contributed by atoms with Crippen LogP contribution in [0.5, 0.6) is 0 Å². The lowest BCUT2D eigenvalue weighted by Crippen LogP contribution is -2.49. The summed E-state index contributed by atoms with van der Waals surface area (Å²) in [6.45, 7) is 2.07. The number of hydrogen-bond acceptors (Lipinski definition) is 5. The molecule has 0 unspecified atom stereocenters. The molecule has 2 aliphatic heterocycles. The molecule has 2 atom stereocenters. The molecule has 1 saturated heterocycles. The normalized spacial score (nSPS) is 20.6. The standard InChI is InChI=1S/C21H21N4O4/c26-20-6-2-3-17-15-9-14(11-24(17)20)10-23(12-15)21(27)13-22-8-7-16-18(22)4-1-5-19(16)25(28)29/h1-8,14-15,28H,9-13H2/q-1/t14-,15+/m1/s1. The molecule has 1 N–H and O–H groups in total. The van der Waals surface area contributed by atoms with E-state index in [1.165, 1.54) is 6.07 Å². The number of likely N-dealkylation sites (tertiary alicyclic amines) is 1. The van der Waals surface area contributed by atoms with Crippen molar-refractivity contribution in [3.05, 3.63) is 69.9 Å². The smallest absolute Gasteiger partial charge is 0.250 e.